The predicted molar refractivity (Wildman–Crippen MR) is 57.6 cm³/mol. The van der Waals surface area contributed by atoms with Gasteiger partial charge in [-0.1, -0.05) is 19.3 Å². The van der Waals surface area contributed by atoms with E-state index in [1.54, 1.807) is 13.0 Å². The van der Waals surface area contributed by atoms with Crippen LogP contribution in [0.3, 0.4) is 0 Å². The number of alkyl halides is 3. The zero-order chi connectivity index (χ0) is 12.5. The molecule has 1 aliphatic rings. The van der Waals surface area contributed by atoms with Gasteiger partial charge in [-0.2, -0.15) is 13.2 Å². The first-order chi connectivity index (χ1) is 7.97. The molecule has 2 rings (SSSR count). The molecule has 1 aromatic rings. The average Bonchev–Trinajstić information content (AvgIpc) is 2.28. The highest BCUT2D eigenvalue weighted by molar-refractivity contribution is 5.16. The third-order valence-corrected chi connectivity index (χ3v) is 3.15. The van der Waals surface area contributed by atoms with E-state index < -0.39 is 12.0 Å². The summed E-state index contributed by atoms with van der Waals surface area (Å²) in [4.78, 5) is 7.16. The second-order valence-electron chi connectivity index (χ2n) is 4.59. The Morgan fingerprint density at radius 3 is 2.35 bits per heavy atom. The van der Waals surface area contributed by atoms with E-state index in [4.69, 9.17) is 0 Å². The van der Waals surface area contributed by atoms with Crippen molar-refractivity contribution in [3.05, 3.63) is 23.3 Å². The molecule has 0 unspecified atom stereocenters. The van der Waals surface area contributed by atoms with Crippen LogP contribution in [0.2, 0.25) is 0 Å². The van der Waals surface area contributed by atoms with E-state index in [9.17, 15) is 13.2 Å². The number of halogens is 3. The SMILES string of the molecule is Cc1cc(C2CCCCC2)nc(C(F)(F)F)n1. The summed E-state index contributed by atoms with van der Waals surface area (Å²) in [6.45, 7) is 1.59. The van der Waals surface area contributed by atoms with Crippen molar-refractivity contribution in [3.63, 3.8) is 0 Å². The number of rotatable bonds is 1. The van der Waals surface area contributed by atoms with E-state index in [0.717, 1.165) is 25.7 Å². The van der Waals surface area contributed by atoms with E-state index in [-0.39, 0.29) is 5.92 Å². The third-order valence-electron chi connectivity index (χ3n) is 3.15. The van der Waals surface area contributed by atoms with Crippen molar-refractivity contribution in [2.45, 2.75) is 51.1 Å². The van der Waals surface area contributed by atoms with Crippen LogP contribution in [0.1, 0.15) is 55.2 Å². The largest absolute Gasteiger partial charge is 0.451 e. The Bertz CT molecular complexity index is 395. The van der Waals surface area contributed by atoms with Gasteiger partial charge in [0.2, 0.25) is 5.82 Å². The topological polar surface area (TPSA) is 25.8 Å². The molecule has 0 atom stereocenters. The van der Waals surface area contributed by atoms with Gasteiger partial charge in [-0.3, -0.25) is 0 Å². The van der Waals surface area contributed by atoms with E-state index in [2.05, 4.69) is 9.97 Å². The van der Waals surface area contributed by atoms with Crippen LogP contribution in [0.4, 0.5) is 13.2 Å². The van der Waals surface area contributed by atoms with Crippen molar-refractivity contribution in [1.82, 2.24) is 9.97 Å². The van der Waals surface area contributed by atoms with Crippen molar-refractivity contribution >= 4 is 0 Å². The molecular formula is C12H15F3N2. The van der Waals surface area contributed by atoms with Crippen molar-refractivity contribution in [1.29, 1.82) is 0 Å². The van der Waals surface area contributed by atoms with Crippen molar-refractivity contribution in [2.75, 3.05) is 0 Å². The molecule has 0 bridgehead atoms. The predicted octanol–water partition coefficient (Wildman–Crippen LogP) is 3.85. The standard InChI is InChI=1S/C12H15F3N2/c1-8-7-10(9-5-3-2-4-6-9)17-11(16-8)12(13,14)15/h7,9H,2-6H2,1H3. The van der Waals surface area contributed by atoms with Gasteiger partial charge in [-0.25, -0.2) is 9.97 Å². The highest BCUT2D eigenvalue weighted by atomic mass is 19.4. The molecule has 5 heteroatoms. The zero-order valence-corrected chi connectivity index (χ0v) is 9.72. The summed E-state index contributed by atoms with van der Waals surface area (Å²) < 4.78 is 37.8. The molecule has 0 saturated heterocycles. The summed E-state index contributed by atoms with van der Waals surface area (Å²) in [6, 6.07) is 1.69. The minimum atomic E-state index is -4.45. The highest BCUT2D eigenvalue weighted by Crippen LogP contribution is 2.33. The lowest BCUT2D eigenvalue weighted by atomic mass is 9.86. The Kier molecular flexibility index (Phi) is 3.35. The van der Waals surface area contributed by atoms with E-state index in [1.165, 1.54) is 6.42 Å². The maximum Gasteiger partial charge on any atom is 0.451 e. The Morgan fingerprint density at radius 2 is 1.76 bits per heavy atom. The van der Waals surface area contributed by atoms with Gasteiger partial charge >= 0.3 is 6.18 Å². The highest BCUT2D eigenvalue weighted by Gasteiger charge is 2.35. The number of hydrogen-bond acceptors (Lipinski definition) is 2. The molecule has 1 aromatic heterocycles. The Labute approximate surface area is 98.3 Å². The van der Waals surface area contributed by atoms with Crippen LogP contribution in [-0.4, -0.2) is 9.97 Å². The molecular weight excluding hydrogens is 229 g/mol. The Hall–Kier alpha value is -1.13. The molecule has 1 aliphatic carbocycles. The van der Waals surface area contributed by atoms with Gasteiger partial charge in [-0.05, 0) is 25.8 Å². The van der Waals surface area contributed by atoms with Gasteiger partial charge in [0.15, 0.2) is 0 Å². The lowest BCUT2D eigenvalue weighted by Crippen LogP contribution is -2.16. The summed E-state index contributed by atoms with van der Waals surface area (Å²) in [5, 5.41) is 0. The quantitative estimate of drug-likeness (QED) is 0.749. The normalized spacial score (nSPS) is 18.4. The lowest BCUT2D eigenvalue weighted by molar-refractivity contribution is -0.145. The number of aryl methyl sites for hydroxylation is 1. The van der Waals surface area contributed by atoms with Gasteiger partial charge in [-0.15, -0.1) is 0 Å². The first-order valence-electron chi connectivity index (χ1n) is 5.89. The maximum absolute atomic E-state index is 12.6. The molecule has 1 fully saturated rings. The van der Waals surface area contributed by atoms with Crippen LogP contribution < -0.4 is 0 Å². The minimum Gasteiger partial charge on any atom is -0.230 e. The summed E-state index contributed by atoms with van der Waals surface area (Å²) in [7, 11) is 0. The first kappa shape index (κ1) is 12.3. The van der Waals surface area contributed by atoms with Crippen molar-refractivity contribution in [2.24, 2.45) is 0 Å². The molecule has 0 spiro atoms. The molecule has 0 aliphatic heterocycles. The monoisotopic (exact) mass is 244 g/mol. The van der Waals surface area contributed by atoms with Crippen LogP contribution in [0.25, 0.3) is 0 Å². The van der Waals surface area contributed by atoms with Crippen LogP contribution in [0.15, 0.2) is 6.07 Å². The Balaban J connectivity index is 2.31. The number of nitrogens with zero attached hydrogens (tertiary/aromatic N) is 2. The number of aromatic nitrogens is 2. The summed E-state index contributed by atoms with van der Waals surface area (Å²) >= 11 is 0. The summed E-state index contributed by atoms with van der Waals surface area (Å²) in [5.74, 6) is -0.829. The van der Waals surface area contributed by atoms with E-state index >= 15 is 0 Å². The summed E-state index contributed by atoms with van der Waals surface area (Å²) in [5.41, 5.74) is 0.956. The molecule has 1 saturated carbocycles. The van der Waals surface area contributed by atoms with E-state index in [1.807, 2.05) is 0 Å². The molecule has 94 valence electrons. The van der Waals surface area contributed by atoms with Gasteiger partial charge in [0.05, 0.1) is 0 Å². The molecule has 2 nitrogen and oxygen atoms in total. The van der Waals surface area contributed by atoms with Crippen LogP contribution in [0, 0.1) is 6.92 Å². The Morgan fingerprint density at radius 1 is 1.12 bits per heavy atom. The van der Waals surface area contributed by atoms with Crippen molar-refractivity contribution in [3.8, 4) is 0 Å². The lowest BCUT2D eigenvalue weighted by Gasteiger charge is -2.21. The van der Waals surface area contributed by atoms with Gasteiger partial charge in [0.25, 0.3) is 0 Å². The van der Waals surface area contributed by atoms with Gasteiger partial charge in [0, 0.05) is 17.3 Å². The smallest absolute Gasteiger partial charge is 0.230 e. The average molecular weight is 244 g/mol. The van der Waals surface area contributed by atoms with Crippen molar-refractivity contribution < 1.29 is 13.2 Å². The fourth-order valence-corrected chi connectivity index (χ4v) is 2.33. The van der Waals surface area contributed by atoms with E-state index in [0.29, 0.717) is 11.4 Å². The molecule has 0 radical (unpaired) electrons. The second kappa shape index (κ2) is 4.63. The second-order valence-corrected chi connectivity index (χ2v) is 4.59. The molecule has 0 N–H and O–H groups in total. The fourth-order valence-electron chi connectivity index (χ4n) is 2.33. The fraction of sp³-hybridized carbons (Fsp3) is 0.667. The van der Waals surface area contributed by atoms with Crippen LogP contribution in [-0.2, 0) is 6.18 Å². The zero-order valence-electron chi connectivity index (χ0n) is 9.72. The minimum absolute atomic E-state index is 0.173. The van der Waals surface area contributed by atoms with Gasteiger partial charge < -0.3 is 0 Å². The maximum atomic E-state index is 12.6. The summed E-state index contributed by atoms with van der Waals surface area (Å²) in [6.07, 6.45) is 0.758. The third kappa shape index (κ3) is 2.96. The van der Waals surface area contributed by atoms with Crippen LogP contribution in [0.5, 0.6) is 0 Å². The number of hydrogen-bond donors (Lipinski definition) is 0. The van der Waals surface area contributed by atoms with Gasteiger partial charge in [0.1, 0.15) is 0 Å². The van der Waals surface area contributed by atoms with Crippen LogP contribution >= 0.6 is 0 Å². The first-order valence-corrected chi connectivity index (χ1v) is 5.89. The molecule has 0 amide bonds. The molecule has 1 heterocycles. The molecule has 0 aromatic carbocycles. The molecule has 17 heavy (non-hydrogen) atoms.